The van der Waals surface area contributed by atoms with Gasteiger partial charge in [0.25, 0.3) is 0 Å². The molecule has 0 aliphatic carbocycles. The van der Waals surface area contributed by atoms with E-state index in [4.69, 9.17) is 11.6 Å². The van der Waals surface area contributed by atoms with Gasteiger partial charge in [0.15, 0.2) is 0 Å². The summed E-state index contributed by atoms with van der Waals surface area (Å²) < 4.78 is 0. The third-order valence-electron chi connectivity index (χ3n) is 3.14. The van der Waals surface area contributed by atoms with Crippen LogP contribution >= 0.6 is 22.9 Å². The molecule has 0 aliphatic heterocycles. The van der Waals surface area contributed by atoms with Crippen molar-refractivity contribution in [1.82, 2.24) is 5.32 Å². The van der Waals surface area contributed by atoms with Gasteiger partial charge in [0, 0.05) is 26.4 Å². The second-order valence-electron chi connectivity index (χ2n) is 4.58. The van der Waals surface area contributed by atoms with E-state index in [0.29, 0.717) is 6.04 Å². The van der Waals surface area contributed by atoms with Crippen molar-refractivity contribution in [2.24, 2.45) is 0 Å². The highest BCUT2D eigenvalue weighted by atomic mass is 35.5. The van der Waals surface area contributed by atoms with Crippen LogP contribution in [0.5, 0.6) is 0 Å². The summed E-state index contributed by atoms with van der Waals surface area (Å²) in [6.07, 6.45) is 2.37. The normalized spacial score (nSPS) is 12.6. The molecule has 3 heteroatoms. The first-order valence-electron chi connectivity index (χ1n) is 6.84. The maximum absolute atomic E-state index is 6.26. The zero-order valence-electron chi connectivity index (χ0n) is 11.4. The van der Waals surface area contributed by atoms with Gasteiger partial charge in [-0.25, -0.2) is 0 Å². The van der Waals surface area contributed by atoms with Crippen LogP contribution in [-0.2, 0) is 0 Å². The zero-order chi connectivity index (χ0) is 13.7. The molecule has 0 amide bonds. The Labute approximate surface area is 124 Å². The summed E-state index contributed by atoms with van der Waals surface area (Å²) in [6, 6.07) is 12.9. The van der Waals surface area contributed by atoms with E-state index in [-0.39, 0.29) is 0 Å². The van der Waals surface area contributed by atoms with Gasteiger partial charge in [-0.15, -0.1) is 11.3 Å². The third-order valence-corrected chi connectivity index (χ3v) is 4.70. The molecular weight excluding hydrogens is 274 g/mol. The van der Waals surface area contributed by atoms with Gasteiger partial charge in [-0.3, -0.25) is 0 Å². The Bertz CT molecular complexity index is 515. The molecule has 1 nitrogen and oxygen atoms in total. The molecule has 0 spiro atoms. The second kappa shape index (κ2) is 7.09. The monoisotopic (exact) mass is 293 g/mol. The Morgan fingerprint density at radius 2 is 1.95 bits per heavy atom. The highest BCUT2D eigenvalue weighted by molar-refractivity contribution is 7.15. The SMILES string of the molecule is CCCC(NCC)c1ccc(-c2ccccc2Cl)s1. The van der Waals surface area contributed by atoms with Gasteiger partial charge in [-0.1, -0.05) is 50.1 Å². The van der Waals surface area contributed by atoms with Crippen LogP contribution in [0.25, 0.3) is 10.4 Å². The molecule has 1 aromatic carbocycles. The van der Waals surface area contributed by atoms with E-state index < -0.39 is 0 Å². The molecule has 1 heterocycles. The lowest BCUT2D eigenvalue weighted by Crippen LogP contribution is -2.19. The molecule has 0 aliphatic rings. The Kier molecular flexibility index (Phi) is 5.44. The van der Waals surface area contributed by atoms with Crippen LogP contribution in [-0.4, -0.2) is 6.54 Å². The van der Waals surface area contributed by atoms with Crippen LogP contribution in [0.1, 0.15) is 37.6 Å². The minimum atomic E-state index is 0.469. The molecule has 19 heavy (non-hydrogen) atoms. The first-order valence-corrected chi connectivity index (χ1v) is 8.03. The van der Waals surface area contributed by atoms with Crippen molar-refractivity contribution >= 4 is 22.9 Å². The van der Waals surface area contributed by atoms with Gasteiger partial charge in [-0.05, 0) is 31.2 Å². The van der Waals surface area contributed by atoms with E-state index in [1.54, 1.807) is 0 Å². The summed E-state index contributed by atoms with van der Waals surface area (Å²) >= 11 is 8.10. The highest BCUT2D eigenvalue weighted by Crippen LogP contribution is 2.36. The van der Waals surface area contributed by atoms with Crippen molar-refractivity contribution in [3.8, 4) is 10.4 Å². The van der Waals surface area contributed by atoms with Crippen LogP contribution in [0.2, 0.25) is 5.02 Å². The van der Waals surface area contributed by atoms with E-state index in [2.05, 4.69) is 37.4 Å². The summed E-state index contributed by atoms with van der Waals surface area (Å²) in [5, 5.41) is 4.38. The molecule has 1 aromatic heterocycles. The smallest absolute Gasteiger partial charge is 0.0492 e. The fourth-order valence-corrected chi connectivity index (χ4v) is 3.68. The van der Waals surface area contributed by atoms with Gasteiger partial charge in [0.05, 0.1) is 0 Å². The van der Waals surface area contributed by atoms with Crippen molar-refractivity contribution in [1.29, 1.82) is 0 Å². The number of hydrogen-bond donors (Lipinski definition) is 1. The fourth-order valence-electron chi connectivity index (χ4n) is 2.23. The number of halogens is 1. The first kappa shape index (κ1) is 14.6. The largest absolute Gasteiger partial charge is 0.310 e. The number of rotatable bonds is 6. The standard InChI is InChI=1S/C16H20ClNS/c1-3-7-14(18-4-2)16-11-10-15(19-16)12-8-5-6-9-13(12)17/h5-6,8-11,14,18H,3-4,7H2,1-2H3. The van der Waals surface area contributed by atoms with Gasteiger partial charge < -0.3 is 5.32 Å². The van der Waals surface area contributed by atoms with Crippen molar-refractivity contribution < 1.29 is 0 Å². The first-order chi connectivity index (χ1) is 9.26. The van der Waals surface area contributed by atoms with E-state index in [1.807, 2.05) is 29.5 Å². The number of hydrogen-bond acceptors (Lipinski definition) is 2. The summed E-state index contributed by atoms with van der Waals surface area (Å²) in [6.45, 7) is 5.39. The van der Waals surface area contributed by atoms with Crippen LogP contribution in [0.3, 0.4) is 0 Å². The number of benzene rings is 1. The Hall–Kier alpha value is -0.830. The lowest BCUT2D eigenvalue weighted by atomic mass is 10.1. The molecule has 1 unspecified atom stereocenters. The predicted molar refractivity (Wildman–Crippen MR) is 86.1 cm³/mol. The van der Waals surface area contributed by atoms with Crippen molar-refractivity contribution in [3.63, 3.8) is 0 Å². The molecule has 0 fully saturated rings. The van der Waals surface area contributed by atoms with Crippen LogP contribution in [0.15, 0.2) is 36.4 Å². The minimum Gasteiger partial charge on any atom is -0.310 e. The molecular formula is C16H20ClNS. The molecule has 0 saturated carbocycles. The molecule has 0 saturated heterocycles. The van der Waals surface area contributed by atoms with Gasteiger partial charge in [0.2, 0.25) is 0 Å². The van der Waals surface area contributed by atoms with Crippen LogP contribution in [0, 0.1) is 0 Å². The summed E-state index contributed by atoms with van der Waals surface area (Å²) in [5.74, 6) is 0. The molecule has 0 bridgehead atoms. The Morgan fingerprint density at radius 1 is 1.16 bits per heavy atom. The summed E-state index contributed by atoms with van der Waals surface area (Å²) in [4.78, 5) is 2.65. The Morgan fingerprint density at radius 3 is 2.63 bits per heavy atom. The molecule has 0 radical (unpaired) electrons. The van der Waals surface area contributed by atoms with Gasteiger partial charge >= 0.3 is 0 Å². The lowest BCUT2D eigenvalue weighted by Gasteiger charge is -2.15. The topological polar surface area (TPSA) is 12.0 Å². The average Bonchev–Trinajstić information content (AvgIpc) is 2.88. The van der Waals surface area contributed by atoms with Crippen LogP contribution in [0.4, 0.5) is 0 Å². The predicted octanol–water partition coefficient (Wildman–Crippen LogP) is 5.52. The van der Waals surface area contributed by atoms with Crippen molar-refractivity contribution in [3.05, 3.63) is 46.3 Å². The highest BCUT2D eigenvalue weighted by Gasteiger charge is 2.13. The van der Waals surface area contributed by atoms with Crippen LogP contribution < -0.4 is 5.32 Å². The van der Waals surface area contributed by atoms with E-state index >= 15 is 0 Å². The zero-order valence-corrected chi connectivity index (χ0v) is 13.0. The maximum Gasteiger partial charge on any atom is 0.0492 e. The number of thiophene rings is 1. The second-order valence-corrected chi connectivity index (χ2v) is 6.10. The van der Waals surface area contributed by atoms with E-state index in [0.717, 1.165) is 17.1 Å². The quantitative estimate of drug-likeness (QED) is 0.739. The Balaban J connectivity index is 2.25. The molecule has 2 aromatic rings. The number of nitrogens with one attached hydrogen (secondary N) is 1. The fraction of sp³-hybridized carbons (Fsp3) is 0.375. The lowest BCUT2D eigenvalue weighted by molar-refractivity contribution is 0.516. The molecule has 1 atom stereocenters. The molecule has 2 rings (SSSR count). The summed E-state index contributed by atoms with van der Waals surface area (Å²) in [7, 11) is 0. The molecule has 102 valence electrons. The van der Waals surface area contributed by atoms with Gasteiger partial charge in [-0.2, -0.15) is 0 Å². The maximum atomic E-state index is 6.26. The average molecular weight is 294 g/mol. The van der Waals surface area contributed by atoms with Gasteiger partial charge in [0.1, 0.15) is 0 Å². The van der Waals surface area contributed by atoms with Crippen molar-refractivity contribution in [2.45, 2.75) is 32.7 Å². The third kappa shape index (κ3) is 3.59. The molecule has 1 N–H and O–H groups in total. The minimum absolute atomic E-state index is 0.469. The summed E-state index contributed by atoms with van der Waals surface area (Å²) in [5.41, 5.74) is 1.13. The van der Waals surface area contributed by atoms with E-state index in [9.17, 15) is 0 Å². The van der Waals surface area contributed by atoms with E-state index in [1.165, 1.54) is 22.6 Å². The van der Waals surface area contributed by atoms with Crippen molar-refractivity contribution in [2.75, 3.05) is 6.54 Å².